The van der Waals surface area contributed by atoms with Crippen LogP contribution in [0, 0.1) is 11.3 Å². The predicted octanol–water partition coefficient (Wildman–Crippen LogP) is 3.97. The molecule has 2 rings (SSSR count). The molecule has 0 radical (unpaired) electrons. The Morgan fingerprint density at radius 1 is 1.25 bits per heavy atom. The van der Waals surface area contributed by atoms with Gasteiger partial charge in [0.05, 0.1) is 18.7 Å². The van der Waals surface area contributed by atoms with Crippen molar-refractivity contribution in [3.8, 4) is 11.8 Å². The highest BCUT2D eigenvalue weighted by Gasteiger charge is 2.08. The molecule has 0 spiro atoms. The third-order valence-corrected chi connectivity index (χ3v) is 3.56. The van der Waals surface area contributed by atoms with Gasteiger partial charge >= 0.3 is 0 Å². The number of nitriles is 1. The number of benzene rings is 2. The summed E-state index contributed by atoms with van der Waals surface area (Å²) in [6.45, 7) is 0.706. The van der Waals surface area contributed by atoms with Gasteiger partial charge < -0.3 is 9.64 Å². The Labute approximate surface area is 127 Å². The lowest BCUT2D eigenvalue weighted by Gasteiger charge is -2.21. The monoisotopic (exact) mass is 330 g/mol. The second-order valence-electron chi connectivity index (χ2n) is 4.47. The summed E-state index contributed by atoms with van der Waals surface area (Å²) in [5.41, 5.74) is 2.76. The molecule has 0 bridgehead atoms. The number of hydrogen-bond donors (Lipinski definition) is 0. The number of nitrogens with zero attached hydrogens (tertiary/aromatic N) is 2. The van der Waals surface area contributed by atoms with Crippen molar-refractivity contribution in [1.82, 2.24) is 0 Å². The molecule has 2 aromatic carbocycles. The van der Waals surface area contributed by atoms with E-state index in [1.54, 1.807) is 13.2 Å². The molecule has 0 aliphatic heterocycles. The first kappa shape index (κ1) is 14.4. The lowest BCUT2D eigenvalue weighted by Crippen LogP contribution is -2.17. The van der Waals surface area contributed by atoms with Crippen molar-refractivity contribution in [3.05, 3.63) is 58.1 Å². The van der Waals surface area contributed by atoms with E-state index in [1.165, 1.54) is 0 Å². The van der Waals surface area contributed by atoms with Crippen LogP contribution in [0.1, 0.15) is 11.1 Å². The summed E-state index contributed by atoms with van der Waals surface area (Å²) in [6.07, 6.45) is 0. The second kappa shape index (κ2) is 6.44. The fraction of sp³-hybridized carbons (Fsp3) is 0.188. The summed E-state index contributed by atoms with van der Waals surface area (Å²) in [5.74, 6) is 0.858. The van der Waals surface area contributed by atoms with Crippen molar-refractivity contribution in [2.75, 3.05) is 19.1 Å². The van der Waals surface area contributed by atoms with E-state index in [1.807, 2.05) is 43.4 Å². The van der Waals surface area contributed by atoms with Gasteiger partial charge in [0.25, 0.3) is 0 Å². The van der Waals surface area contributed by atoms with Crippen molar-refractivity contribution in [2.24, 2.45) is 0 Å². The van der Waals surface area contributed by atoms with Gasteiger partial charge in [0, 0.05) is 29.3 Å². The molecule has 4 heteroatoms. The van der Waals surface area contributed by atoms with Gasteiger partial charge in [0.2, 0.25) is 0 Å². The van der Waals surface area contributed by atoms with E-state index in [4.69, 9.17) is 10.00 Å². The summed E-state index contributed by atoms with van der Waals surface area (Å²) >= 11 is 3.48. The minimum Gasteiger partial charge on any atom is -0.496 e. The van der Waals surface area contributed by atoms with Crippen LogP contribution in [0.5, 0.6) is 5.75 Å². The highest BCUT2D eigenvalue weighted by atomic mass is 79.9. The van der Waals surface area contributed by atoms with Crippen LogP contribution in [-0.2, 0) is 6.54 Å². The second-order valence-corrected chi connectivity index (χ2v) is 5.39. The molecule has 0 aliphatic carbocycles. The van der Waals surface area contributed by atoms with Crippen LogP contribution in [0.25, 0.3) is 0 Å². The van der Waals surface area contributed by atoms with Crippen molar-refractivity contribution in [2.45, 2.75) is 6.54 Å². The van der Waals surface area contributed by atoms with Gasteiger partial charge in [-0.2, -0.15) is 5.26 Å². The largest absolute Gasteiger partial charge is 0.496 e. The van der Waals surface area contributed by atoms with Crippen LogP contribution >= 0.6 is 15.9 Å². The van der Waals surface area contributed by atoms with Gasteiger partial charge in [-0.15, -0.1) is 0 Å². The van der Waals surface area contributed by atoms with Gasteiger partial charge in [-0.3, -0.25) is 0 Å². The van der Waals surface area contributed by atoms with Crippen LogP contribution in [-0.4, -0.2) is 14.2 Å². The van der Waals surface area contributed by atoms with Gasteiger partial charge in [-0.05, 0) is 36.4 Å². The molecule has 3 nitrogen and oxygen atoms in total. The molecule has 2 aromatic rings. The minimum atomic E-state index is 0.663. The van der Waals surface area contributed by atoms with E-state index in [9.17, 15) is 0 Å². The lowest BCUT2D eigenvalue weighted by molar-refractivity contribution is 0.409. The zero-order chi connectivity index (χ0) is 14.5. The van der Waals surface area contributed by atoms with Crippen molar-refractivity contribution in [1.29, 1.82) is 5.26 Å². The fourth-order valence-electron chi connectivity index (χ4n) is 2.03. The average Bonchev–Trinajstić information content (AvgIpc) is 2.47. The summed E-state index contributed by atoms with van der Waals surface area (Å²) in [5, 5.41) is 8.96. The third-order valence-electron chi connectivity index (χ3n) is 3.07. The SMILES string of the molecule is COc1ccc(Br)cc1CN(C)c1cccc(C#N)c1. The van der Waals surface area contributed by atoms with E-state index in [0.717, 1.165) is 21.5 Å². The first-order valence-electron chi connectivity index (χ1n) is 6.17. The van der Waals surface area contributed by atoms with E-state index in [2.05, 4.69) is 26.9 Å². The number of rotatable bonds is 4. The number of methoxy groups -OCH3 is 1. The summed E-state index contributed by atoms with van der Waals surface area (Å²) in [6, 6.07) is 15.7. The molecule has 0 aliphatic rings. The van der Waals surface area contributed by atoms with Crippen LogP contribution in [0.3, 0.4) is 0 Å². The normalized spacial score (nSPS) is 9.90. The molecule has 0 unspecified atom stereocenters. The van der Waals surface area contributed by atoms with Crippen LogP contribution < -0.4 is 9.64 Å². The van der Waals surface area contributed by atoms with E-state index >= 15 is 0 Å². The fourth-order valence-corrected chi connectivity index (χ4v) is 2.44. The average molecular weight is 331 g/mol. The standard InChI is InChI=1S/C16H15BrN2O/c1-19(15-5-3-4-12(8-15)10-18)11-13-9-14(17)6-7-16(13)20-2/h3-9H,11H2,1-2H3. The molecule has 0 saturated carbocycles. The molecular formula is C16H15BrN2O. The predicted molar refractivity (Wildman–Crippen MR) is 84.0 cm³/mol. The Bertz CT molecular complexity index is 649. The summed E-state index contributed by atoms with van der Waals surface area (Å²) < 4.78 is 6.40. The smallest absolute Gasteiger partial charge is 0.123 e. The maximum absolute atomic E-state index is 8.96. The van der Waals surface area contributed by atoms with Crippen molar-refractivity contribution in [3.63, 3.8) is 0 Å². The van der Waals surface area contributed by atoms with Gasteiger partial charge in [-0.25, -0.2) is 0 Å². The van der Waals surface area contributed by atoms with Crippen molar-refractivity contribution >= 4 is 21.6 Å². The molecule has 0 saturated heterocycles. The Morgan fingerprint density at radius 3 is 2.75 bits per heavy atom. The molecule has 20 heavy (non-hydrogen) atoms. The van der Waals surface area contributed by atoms with E-state index < -0.39 is 0 Å². The maximum atomic E-state index is 8.96. The highest BCUT2D eigenvalue weighted by Crippen LogP contribution is 2.26. The Hall–Kier alpha value is -1.99. The number of hydrogen-bond acceptors (Lipinski definition) is 3. The number of halogens is 1. The van der Waals surface area contributed by atoms with Crippen LogP contribution in [0.15, 0.2) is 46.9 Å². The molecule has 0 heterocycles. The summed E-state index contributed by atoms with van der Waals surface area (Å²) in [4.78, 5) is 2.09. The molecule has 0 fully saturated rings. The van der Waals surface area contributed by atoms with Gasteiger partial charge in [0.15, 0.2) is 0 Å². The summed E-state index contributed by atoms with van der Waals surface area (Å²) in [7, 11) is 3.67. The molecule has 0 N–H and O–H groups in total. The quantitative estimate of drug-likeness (QED) is 0.851. The first-order chi connectivity index (χ1) is 9.63. The van der Waals surface area contributed by atoms with E-state index in [-0.39, 0.29) is 0 Å². The number of ether oxygens (including phenoxy) is 1. The highest BCUT2D eigenvalue weighted by molar-refractivity contribution is 9.10. The van der Waals surface area contributed by atoms with E-state index in [0.29, 0.717) is 12.1 Å². The minimum absolute atomic E-state index is 0.663. The third kappa shape index (κ3) is 3.31. The first-order valence-corrected chi connectivity index (χ1v) is 6.97. The Balaban J connectivity index is 2.25. The molecule has 102 valence electrons. The Kier molecular flexibility index (Phi) is 4.65. The number of anilines is 1. The molecule has 0 amide bonds. The topological polar surface area (TPSA) is 36.3 Å². The van der Waals surface area contributed by atoms with Crippen LogP contribution in [0.2, 0.25) is 0 Å². The molecule has 0 aromatic heterocycles. The van der Waals surface area contributed by atoms with Gasteiger partial charge in [0.1, 0.15) is 5.75 Å². The zero-order valence-electron chi connectivity index (χ0n) is 11.4. The zero-order valence-corrected chi connectivity index (χ0v) is 13.0. The lowest BCUT2D eigenvalue weighted by atomic mass is 10.1. The van der Waals surface area contributed by atoms with Crippen LogP contribution in [0.4, 0.5) is 5.69 Å². The van der Waals surface area contributed by atoms with Crippen molar-refractivity contribution < 1.29 is 4.74 Å². The Morgan fingerprint density at radius 2 is 2.05 bits per heavy atom. The maximum Gasteiger partial charge on any atom is 0.123 e. The molecule has 0 atom stereocenters. The molecular weight excluding hydrogens is 316 g/mol. The van der Waals surface area contributed by atoms with Gasteiger partial charge in [-0.1, -0.05) is 22.0 Å².